The number of pyridine rings is 1. The molecular formula is C16H19N5O2. The summed E-state index contributed by atoms with van der Waals surface area (Å²) in [6, 6.07) is 3.80. The molecule has 1 aliphatic carbocycles. The summed E-state index contributed by atoms with van der Waals surface area (Å²) in [6.45, 7) is 3.72. The number of hydroxylamine groups is 1. The minimum atomic E-state index is -0.583. The van der Waals surface area contributed by atoms with Crippen molar-refractivity contribution >= 4 is 11.6 Å². The second-order valence-electron chi connectivity index (χ2n) is 5.51. The zero-order valence-electron chi connectivity index (χ0n) is 13.1. The number of nitrogens with zero attached hydrogens (tertiary/aromatic N) is 3. The summed E-state index contributed by atoms with van der Waals surface area (Å²) < 4.78 is 1.69. The largest absolute Gasteiger partial charge is 0.397 e. The Kier molecular flexibility index (Phi) is 3.79. The summed E-state index contributed by atoms with van der Waals surface area (Å²) in [6.07, 6.45) is 7.13. The molecule has 0 aromatic carbocycles. The summed E-state index contributed by atoms with van der Waals surface area (Å²) in [5.74, 6) is 5.25. The second-order valence-corrected chi connectivity index (χ2v) is 5.51. The topological polar surface area (TPSA) is 98.9 Å². The molecule has 0 radical (unpaired) electrons. The molecule has 7 heteroatoms. The molecule has 4 N–H and O–H groups in total. The van der Waals surface area contributed by atoms with Crippen LogP contribution in [0.1, 0.15) is 34.6 Å². The number of nitrogens with two attached hydrogens (primary N) is 2. The molecule has 7 nitrogen and oxygen atoms in total. The van der Waals surface area contributed by atoms with Crippen LogP contribution in [0.5, 0.6) is 0 Å². The van der Waals surface area contributed by atoms with Crippen LogP contribution in [0.25, 0.3) is 5.65 Å². The zero-order valence-corrected chi connectivity index (χ0v) is 13.1. The molecule has 0 spiro atoms. The molecule has 0 saturated carbocycles. The van der Waals surface area contributed by atoms with Crippen LogP contribution in [0.15, 0.2) is 41.9 Å². The predicted molar refractivity (Wildman–Crippen MR) is 85.7 cm³/mol. The van der Waals surface area contributed by atoms with Crippen molar-refractivity contribution in [3.63, 3.8) is 0 Å². The lowest BCUT2D eigenvalue weighted by atomic mass is 10.1. The summed E-state index contributed by atoms with van der Waals surface area (Å²) in [5.41, 5.74) is 9.54. The number of rotatable bonds is 3. The molecule has 2 aromatic rings. The van der Waals surface area contributed by atoms with Gasteiger partial charge in [-0.15, -0.1) is 5.17 Å². The van der Waals surface area contributed by atoms with Gasteiger partial charge in [-0.1, -0.05) is 12.2 Å². The Morgan fingerprint density at radius 3 is 2.83 bits per heavy atom. The molecule has 0 aliphatic heterocycles. The maximum absolute atomic E-state index is 12.5. The molecule has 2 aromatic heterocycles. The van der Waals surface area contributed by atoms with E-state index < -0.39 is 5.97 Å². The minimum absolute atomic E-state index is 0.342. The Hall–Kier alpha value is -2.80. The molecule has 120 valence electrons. The fraction of sp³-hybridized carbons (Fsp3) is 0.250. The van der Waals surface area contributed by atoms with Crippen molar-refractivity contribution in [1.29, 1.82) is 0 Å². The maximum Gasteiger partial charge on any atom is 0.383 e. The summed E-state index contributed by atoms with van der Waals surface area (Å²) in [5, 5.41) is 0.917. The van der Waals surface area contributed by atoms with Gasteiger partial charge in [0.25, 0.3) is 0 Å². The van der Waals surface area contributed by atoms with Crippen molar-refractivity contribution in [2.45, 2.75) is 26.7 Å². The van der Waals surface area contributed by atoms with Crippen LogP contribution in [0.3, 0.4) is 0 Å². The fourth-order valence-electron chi connectivity index (χ4n) is 2.59. The number of carbonyl (C=O) groups is 1. The van der Waals surface area contributed by atoms with Gasteiger partial charge in [0.2, 0.25) is 0 Å². The van der Waals surface area contributed by atoms with Crippen LogP contribution in [0.2, 0.25) is 0 Å². The molecule has 23 heavy (non-hydrogen) atoms. The van der Waals surface area contributed by atoms with E-state index in [2.05, 4.69) is 4.98 Å². The van der Waals surface area contributed by atoms with Crippen molar-refractivity contribution < 1.29 is 9.63 Å². The maximum atomic E-state index is 12.5. The Morgan fingerprint density at radius 2 is 2.09 bits per heavy atom. The molecule has 0 unspecified atom stereocenters. The van der Waals surface area contributed by atoms with E-state index in [1.54, 1.807) is 17.5 Å². The molecule has 0 saturated heterocycles. The highest BCUT2D eigenvalue weighted by Gasteiger charge is 2.22. The van der Waals surface area contributed by atoms with Gasteiger partial charge in [0.1, 0.15) is 11.3 Å². The first-order valence-electron chi connectivity index (χ1n) is 7.36. The van der Waals surface area contributed by atoms with Crippen LogP contribution in [-0.2, 0) is 4.84 Å². The SMILES string of the molecule is Cc1ccn2c(C(=O)ON(N)C3=CCCC=C3N)c(C)nc2c1. The quantitative estimate of drug-likeness (QED) is 0.661. The zero-order chi connectivity index (χ0) is 16.6. The van der Waals surface area contributed by atoms with E-state index in [4.69, 9.17) is 16.4 Å². The van der Waals surface area contributed by atoms with E-state index in [0.29, 0.717) is 28.4 Å². The van der Waals surface area contributed by atoms with Gasteiger partial charge < -0.3 is 10.6 Å². The van der Waals surface area contributed by atoms with Gasteiger partial charge in [-0.3, -0.25) is 4.40 Å². The van der Waals surface area contributed by atoms with E-state index in [0.717, 1.165) is 23.6 Å². The average molecular weight is 313 g/mol. The summed E-state index contributed by atoms with van der Waals surface area (Å²) in [4.78, 5) is 22.1. The number of hydrogen-bond donors (Lipinski definition) is 2. The molecule has 0 amide bonds. The predicted octanol–water partition coefficient (Wildman–Crippen LogP) is 1.72. The third kappa shape index (κ3) is 2.78. The first-order chi connectivity index (χ1) is 11.0. The number of hydrazine groups is 1. The highest BCUT2D eigenvalue weighted by molar-refractivity contribution is 5.90. The van der Waals surface area contributed by atoms with Gasteiger partial charge in [0.05, 0.1) is 11.4 Å². The van der Waals surface area contributed by atoms with Gasteiger partial charge in [0.15, 0.2) is 5.69 Å². The molecule has 1 aliphatic rings. The van der Waals surface area contributed by atoms with Gasteiger partial charge in [-0.2, -0.15) is 0 Å². The van der Waals surface area contributed by atoms with Crippen molar-refractivity contribution in [1.82, 2.24) is 14.6 Å². The molecule has 3 rings (SSSR count). The lowest BCUT2D eigenvalue weighted by Gasteiger charge is -2.22. The van der Waals surface area contributed by atoms with Gasteiger partial charge in [-0.05, 0) is 44.4 Å². The third-order valence-corrected chi connectivity index (χ3v) is 3.73. The van der Waals surface area contributed by atoms with Gasteiger partial charge >= 0.3 is 5.97 Å². The van der Waals surface area contributed by atoms with Crippen LogP contribution in [0, 0.1) is 13.8 Å². The molecule has 0 fully saturated rings. The first-order valence-corrected chi connectivity index (χ1v) is 7.36. The number of allylic oxidation sites excluding steroid dienone is 2. The van der Waals surface area contributed by atoms with Crippen LogP contribution >= 0.6 is 0 Å². The normalized spacial score (nSPS) is 14.4. The van der Waals surface area contributed by atoms with Crippen molar-refractivity contribution in [2.75, 3.05) is 0 Å². The highest BCUT2D eigenvalue weighted by Crippen LogP contribution is 2.19. The van der Waals surface area contributed by atoms with Gasteiger partial charge in [-0.25, -0.2) is 15.6 Å². The van der Waals surface area contributed by atoms with E-state index in [1.165, 1.54) is 0 Å². The second kappa shape index (κ2) is 5.77. The number of imidazole rings is 1. The Labute approximate surface area is 133 Å². The Bertz CT molecular complexity index is 834. The molecule has 2 heterocycles. The number of fused-ring (bicyclic) bond motifs is 1. The number of aryl methyl sites for hydroxylation is 2. The minimum Gasteiger partial charge on any atom is -0.397 e. The number of aromatic nitrogens is 2. The first kappa shape index (κ1) is 15.1. The van der Waals surface area contributed by atoms with Crippen LogP contribution in [0.4, 0.5) is 0 Å². The van der Waals surface area contributed by atoms with E-state index in [1.807, 2.05) is 31.2 Å². The summed E-state index contributed by atoms with van der Waals surface area (Å²) in [7, 11) is 0. The summed E-state index contributed by atoms with van der Waals surface area (Å²) >= 11 is 0. The van der Waals surface area contributed by atoms with Crippen LogP contribution < -0.4 is 11.6 Å². The van der Waals surface area contributed by atoms with Crippen molar-refractivity contribution in [3.05, 3.63) is 58.8 Å². The third-order valence-electron chi connectivity index (χ3n) is 3.73. The Balaban J connectivity index is 1.88. The monoisotopic (exact) mass is 313 g/mol. The molecular weight excluding hydrogens is 294 g/mol. The standard InChI is InChI=1S/C16H19N5O2/c1-10-7-8-20-14(9-10)19-11(2)15(20)16(22)23-21(18)13-6-4-3-5-12(13)17/h5-9H,3-4,17-18H2,1-2H3. The lowest BCUT2D eigenvalue weighted by molar-refractivity contribution is -0.0840. The van der Waals surface area contributed by atoms with E-state index in [9.17, 15) is 4.79 Å². The lowest BCUT2D eigenvalue weighted by Crippen LogP contribution is -2.36. The number of carbonyl (C=O) groups excluding carboxylic acids is 1. The van der Waals surface area contributed by atoms with Crippen LogP contribution in [-0.4, -0.2) is 20.5 Å². The smallest absolute Gasteiger partial charge is 0.383 e. The number of hydrogen-bond acceptors (Lipinski definition) is 6. The fourth-order valence-corrected chi connectivity index (χ4v) is 2.59. The van der Waals surface area contributed by atoms with E-state index in [-0.39, 0.29) is 0 Å². The highest BCUT2D eigenvalue weighted by atomic mass is 16.7. The molecule has 0 bridgehead atoms. The van der Waals surface area contributed by atoms with Crippen molar-refractivity contribution in [2.24, 2.45) is 11.6 Å². The Morgan fingerprint density at radius 1 is 1.35 bits per heavy atom. The van der Waals surface area contributed by atoms with Gasteiger partial charge in [0, 0.05) is 6.20 Å². The van der Waals surface area contributed by atoms with E-state index >= 15 is 0 Å². The molecule has 0 atom stereocenters. The average Bonchev–Trinajstić information content (AvgIpc) is 2.82. The van der Waals surface area contributed by atoms with Crippen molar-refractivity contribution in [3.8, 4) is 0 Å².